The van der Waals surface area contributed by atoms with Crippen molar-refractivity contribution in [3.05, 3.63) is 24.0 Å². The van der Waals surface area contributed by atoms with Crippen LogP contribution in [0.5, 0.6) is 0 Å². The van der Waals surface area contributed by atoms with Gasteiger partial charge in [0.2, 0.25) is 10.0 Å². The van der Waals surface area contributed by atoms with E-state index in [0.29, 0.717) is 13.1 Å². The molecule has 6 heteroatoms. The minimum Gasteiger partial charge on any atom is -0.357 e. The van der Waals surface area contributed by atoms with Crippen LogP contribution in [0.3, 0.4) is 0 Å². The second-order valence-corrected chi connectivity index (χ2v) is 4.96. The molecule has 1 aromatic heterocycles. The van der Waals surface area contributed by atoms with Crippen molar-refractivity contribution in [3.63, 3.8) is 0 Å². The van der Waals surface area contributed by atoms with Crippen LogP contribution in [0.4, 0.5) is 0 Å². The van der Waals surface area contributed by atoms with Gasteiger partial charge >= 0.3 is 0 Å². The number of sulfonamides is 1. The molecule has 0 atom stereocenters. The fourth-order valence-electron chi connectivity index (χ4n) is 1.11. The zero-order valence-corrected chi connectivity index (χ0v) is 8.92. The van der Waals surface area contributed by atoms with Crippen LogP contribution >= 0.6 is 0 Å². The van der Waals surface area contributed by atoms with Gasteiger partial charge in [0, 0.05) is 32.5 Å². The normalized spacial score (nSPS) is 11.9. The third-order valence-electron chi connectivity index (χ3n) is 1.79. The van der Waals surface area contributed by atoms with Crippen molar-refractivity contribution in [1.29, 1.82) is 0 Å². The summed E-state index contributed by atoms with van der Waals surface area (Å²) in [4.78, 5) is 0. The van der Waals surface area contributed by atoms with Crippen LogP contribution in [0.25, 0.3) is 0 Å². The fourth-order valence-corrected chi connectivity index (χ4v) is 1.54. The molecule has 0 aliphatic carbocycles. The van der Waals surface area contributed by atoms with Gasteiger partial charge in [-0.15, -0.1) is 0 Å². The Hall–Kier alpha value is -0.850. The van der Waals surface area contributed by atoms with E-state index in [-0.39, 0.29) is 5.75 Å². The van der Waals surface area contributed by atoms with E-state index in [1.807, 2.05) is 30.1 Å². The van der Waals surface area contributed by atoms with E-state index in [0.717, 1.165) is 5.56 Å². The van der Waals surface area contributed by atoms with Crippen molar-refractivity contribution in [2.75, 3.05) is 12.3 Å². The van der Waals surface area contributed by atoms with Crippen molar-refractivity contribution in [3.8, 4) is 0 Å². The topological polar surface area (TPSA) is 77.1 Å². The zero-order chi connectivity index (χ0) is 10.6. The lowest BCUT2D eigenvalue weighted by Gasteiger charge is -2.01. The molecule has 80 valence electrons. The molecule has 1 aromatic rings. The van der Waals surface area contributed by atoms with Crippen molar-refractivity contribution >= 4 is 10.0 Å². The average molecular weight is 217 g/mol. The monoisotopic (exact) mass is 217 g/mol. The number of nitrogens with one attached hydrogen (secondary N) is 1. The standard InChI is InChI=1S/C8H15N3O2S/c1-11-4-2-8(7-11)6-10-3-5-14(9,12)13/h2,4,7,10H,3,5-6H2,1H3,(H2,9,12,13). The summed E-state index contributed by atoms with van der Waals surface area (Å²) < 4.78 is 23.1. The first kappa shape index (κ1) is 11.2. The molecule has 0 aromatic carbocycles. The molecule has 0 spiro atoms. The number of primary sulfonamides is 1. The van der Waals surface area contributed by atoms with Gasteiger partial charge in [-0.2, -0.15) is 0 Å². The third-order valence-corrected chi connectivity index (χ3v) is 2.56. The van der Waals surface area contributed by atoms with E-state index in [9.17, 15) is 8.42 Å². The Bertz CT molecular complexity index is 383. The van der Waals surface area contributed by atoms with Gasteiger partial charge in [0.15, 0.2) is 0 Å². The van der Waals surface area contributed by atoms with Gasteiger partial charge in [-0.1, -0.05) is 0 Å². The van der Waals surface area contributed by atoms with Gasteiger partial charge in [0.1, 0.15) is 0 Å². The van der Waals surface area contributed by atoms with Crippen LogP contribution < -0.4 is 10.5 Å². The van der Waals surface area contributed by atoms with E-state index < -0.39 is 10.0 Å². The Kier molecular flexibility index (Phi) is 3.68. The fraction of sp³-hybridized carbons (Fsp3) is 0.500. The summed E-state index contributed by atoms with van der Waals surface area (Å²) in [6, 6.07) is 1.98. The Morgan fingerprint density at radius 2 is 2.29 bits per heavy atom. The summed E-state index contributed by atoms with van der Waals surface area (Å²) in [7, 11) is -1.40. The maximum atomic E-state index is 10.6. The first-order chi connectivity index (χ1) is 6.47. The zero-order valence-electron chi connectivity index (χ0n) is 8.10. The molecule has 0 aliphatic rings. The first-order valence-corrected chi connectivity index (χ1v) is 6.01. The summed E-state index contributed by atoms with van der Waals surface area (Å²) in [5, 5.41) is 7.85. The number of rotatable bonds is 5. The Balaban J connectivity index is 2.23. The maximum absolute atomic E-state index is 10.6. The molecule has 1 rings (SSSR count). The molecule has 3 N–H and O–H groups in total. The lowest BCUT2D eigenvalue weighted by molar-refractivity contribution is 0.592. The third kappa shape index (κ3) is 4.40. The molecule has 5 nitrogen and oxygen atoms in total. The number of aryl methyl sites for hydroxylation is 1. The molecule has 0 bridgehead atoms. The summed E-state index contributed by atoms with van der Waals surface area (Å²) in [6.07, 6.45) is 3.92. The SMILES string of the molecule is Cn1ccc(CNCCS(N)(=O)=O)c1. The van der Waals surface area contributed by atoms with Crippen LogP contribution in [0, 0.1) is 0 Å². The lowest BCUT2D eigenvalue weighted by atomic mass is 10.3. The summed E-state index contributed by atoms with van der Waals surface area (Å²) in [5.74, 6) is -0.0279. The maximum Gasteiger partial charge on any atom is 0.210 e. The van der Waals surface area contributed by atoms with Crippen molar-refractivity contribution in [2.24, 2.45) is 12.2 Å². The van der Waals surface area contributed by atoms with Crippen molar-refractivity contribution in [1.82, 2.24) is 9.88 Å². The molecular weight excluding hydrogens is 202 g/mol. The quantitative estimate of drug-likeness (QED) is 0.647. The molecule has 0 fully saturated rings. The minimum absolute atomic E-state index is 0.0279. The molecule has 14 heavy (non-hydrogen) atoms. The predicted molar refractivity (Wildman–Crippen MR) is 55.1 cm³/mol. The van der Waals surface area contributed by atoms with Crippen LogP contribution in [-0.2, 0) is 23.6 Å². The summed E-state index contributed by atoms with van der Waals surface area (Å²) >= 11 is 0. The summed E-state index contributed by atoms with van der Waals surface area (Å²) in [6.45, 7) is 1.05. The molecule has 1 heterocycles. The summed E-state index contributed by atoms with van der Waals surface area (Å²) in [5.41, 5.74) is 1.13. The van der Waals surface area contributed by atoms with E-state index in [1.54, 1.807) is 0 Å². The van der Waals surface area contributed by atoms with Gasteiger partial charge in [0.05, 0.1) is 5.75 Å². The van der Waals surface area contributed by atoms with Gasteiger partial charge in [-0.05, 0) is 11.6 Å². The van der Waals surface area contributed by atoms with Crippen LogP contribution in [0.2, 0.25) is 0 Å². The molecule has 0 saturated carbocycles. The molecule has 0 saturated heterocycles. The van der Waals surface area contributed by atoms with Crippen LogP contribution in [-0.4, -0.2) is 25.3 Å². The molecule has 0 amide bonds. The van der Waals surface area contributed by atoms with Crippen LogP contribution in [0.1, 0.15) is 5.56 Å². The first-order valence-electron chi connectivity index (χ1n) is 4.29. The lowest BCUT2D eigenvalue weighted by Crippen LogP contribution is -2.26. The number of aromatic nitrogens is 1. The van der Waals surface area contributed by atoms with E-state index in [1.165, 1.54) is 0 Å². The highest BCUT2D eigenvalue weighted by Gasteiger charge is 2.01. The van der Waals surface area contributed by atoms with E-state index in [2.05, 4.69) is 5.32 Å². The van der Waals surface area contributed by atoms with Gasteiger partial charge in [-0.3, -0.25) is 0 Å². The van der Waals surface area contributed by atoms with Gasteiger partial charge in [-0.25, -0.2) is 13.6 Å². The largest absolute Gasteiger partial charge is 0.357 e. The van der Waals surface area contributed by atoms with Gasteiger partial charge in [0.25, 0.3) is 0 Å². The van der Waals surface area contributed by atoms with E-state index >= 15 is 0 Å². The predicted octanol–water partition coefficient (Wildman–Crippen LogP) is -0.597. The highest BCUT2D eigenvalue weighted by molar-refractivity contribution is 7.89. The van der Waals surface area contributed by atoms with Crippen LogP contribution in [0.15, 0.2) is 18.5 Å². The van der Waals surface area contributed by atoms with Crippen molar-refractivity contribution < 1.29 is 8.42 Å². The number of hydrogen-bond acceptors (Lipinski definition) is 3. The highest BCUT2D eigenvalue weighted by atomic mass is 32.2. The minimum atomic E-state index is -3.34. The molecule has 0 radical (unpaired) electrons. The Morgan fingerprint density at radius 3 is 2.79 bits per heavy atom. The van der Waals surface area contributed by atoms with Gasteiger partial charge < -0.3 is 9.88 Å². The molecular formula is C8H15N3O2S. The Labute approximate surface area is 84.0 Å². The average Bonchev–Trinajstić information content (AvgIpc) is 2.44. The number of hydrogen-bond donors (Lipinski definition) is 2. The second-order valence-electron chi connectivity index (χ2n) is 3.23. The molecule has 0 unspecified atom stereocenters. The molecule has 0 aliphatic heterocycles. The number of nitrogens with two attached hydrogens (primary N) is 1. The smallest absolute Gasteiger partial charge is 0.210 e. The van der Waals surface area contributed by atoms with Crippen molar-refractivity contribution in [2.45, 2.75) is 6.54 Å². The second kappa shape index (κ2) is 4.59. The highest BCUT2D eigenvalue weighted by Crippen LogP contribution is 1.97. The van der Waals surface area contributed by atoms with E-state index in [4.69, 9.17) is 5.14 Å². The Morgan fingerprint density at radius 1 is 1.57 bits per heavy atom. The number of nitrogens with zero attached hydrogens (tertiary/aromatic N) is 1.